The van der Waals surface area contributed by atoms with Crippen LogP contribution >= 0.6 is 27.5 Å². The number of rotatable bonds is 4. The second-order valence-corrected chi connectivity index (χ2v) is 6.12. The lowest BCUT2D eigenvalue weighted by molar-refractivity contribution is -0.114. The SMILES string of the molecule is CC(=O)Nc1ccc(NC(C)c2cccc(Br)c2)cc1Cl. The molecule has 0 bridgehead atoms. The summed E-state index contributed by atoms with van der Waals surface area (Å²) in [4.78, 5) is 11.1. The maximum absolute atomic E-state index is 11.1. The molecule has 0 saturated carbocycles. The minimum atomic E-state index is -0.139. The zero-order chi connectivity index (χ0) is 15.4. The van der Waals surface area contributed by atoms with Crippen LogP contribution in [0.2, 0.25) is 5.02 Å². The van der Waals surface area contributed by atoms with Crippen LogP contribution in [0.5, 0.6) is 0 Å². The fraction of sp³-hybridized carbons (Fsp3) is 0.188. The van der Waals surface area contributed by atoms with E-state index >= 15 is 0 Å². The molecule has 0 spiro atoms. The topological polar surface area (TPSA) is 41.1 Å². The minimum Gasteiger partial charge on any atom is -0.378 e. The van der Waals surface area contributed by atoms with E-state index in [0.717, 1.165) is 10.2 Å². The van der Waals surface area contributed by atoms with Gasteiger partial charge in [-0.25, -0.2) is 0 Å². The van der Waals surface area contributed by atoms with Gasteiger partial charge in [0.1, 0.15) is 0 Å². The Kier molecular flexibility index (Phi) is 5.26. The summed E-state index contributed by atoms with van der Waals surface area (Å²) in [6.07, 6.45) is 0. The molecule has 2 N–H and O–H groups in total. The van der Waals surface area contributed by atoms with Gasteiger partial charge in [0, 0.05) is 23.1 Å². The van der Waals surface area contributed by atoms with E-state index in [1.165, 1.54) is 12.5 Å². The van der Waals surface area contributed by atoms with Crippen LogP contribution in [0.25, 0.3) is 0 Å². The molecule has 0 radical (unpaired) electrons. The molecule has 0 aliphatic rings. The largest absolute Gasteiger partial charge is 0.378 e. The average molecular weight is 368 g/mol. The molecule has 2 aromatic carbocycles. The van der Waals surface area contributed by atoms with E-state index in [0.29, 0.717) is 10.7 Å². The zero-order valence-corrected chi connectivity index (χ0v) is 14.1. The van der Waals surface area contributed by atoms with Crippen molar-refractivity contribution in [3.63, 3.8) is 0 Å². The van der Waals surface area contributed by atoms with Crippen molar-refractivity contribution >= 4 is 44.8 Å². The fourth-order valence-electron chi connectivity index (χ4n) is 2.01. The van der Waals surface area contributed by atoms with E-state index in [-0.39, 0.29) is 11.9 Å². The molecule has 2 aromatic rings. The maximum Gasteiger partial charge on any atom is 0.221 e. The third-order valence-electron chi connectivity index (χ3n) is 3.01. The molecule has 5 heteroatoms. The summed E-state index contributed by atoms with van der Waals surface area (Å²) in [7, 11) is 0. The highest BCUT2D eigenvalue weighted by Gasteiger charge is 2.08. The lowest BCUT2D eigenvalue weighted by Crippen LogP contribution is -2.08. The van der Waals surface area contributed by atoms with Crippen molar-refractivity contribution in [2.75, 3.05) is 10.6 Å². The van der Waals surface area contributed by atoms with Gasteiger partial charge in [0.15, 0.2) is 0 Å². The van der Waals surface area contributed by atoms with Crippen LogP contribution in [-0.2, 0) is 4.79 Å². The van der Waals surface area contributed by atoms with Gasteiger partial charge in [-0.1, -0.05) is 39.7 Å². The van der Waals surface area contributed by atoms with Crippen molar-refractivity contribution in [1.82, 2.24) is 0 Å². The third-order valence-corrected chi connectivity index (χ3v) is 3.82. The standard InChI is InChI=1S/C16H16BrClN2O/c1-10(12-4-3-5-13(17)8-12)19-14-6-7-16(15(18)9-14)20-11(2)21/h3-10,19H,1-2H3,(H,20,21). The number of carbonyl (C=O) groups is 1. The van der Waals surface area contributed by atoms with Crippen LogP contribution in [-0.4, -0.2) is 5.91 Å². The van der Waals surface area contributed by atoms with Gasteiger partial charge in [0.05, 0.1) is 10.7 Å². The molecular formula is C16H16BrClN2O. The van der Waals surface area contributed by atoms with Crippen molar-refractivity contribution in [3.8, 4) is 0 Å². The summed E-state index contributed by atoms with van der Waals surface area (Å²) < 4.78 is 1.05. The Morgan fingerprint density at radius 3 is 2.62 bits per heavy atom. The van der Waals surface area contributed by atoms with Crippen LogP contribution in [0.15, 0.2) is 46.9 Å². The number of carbonyl (C=O) groups excluding carboxylic acids is 1. The van der Waals surface area contributed by atoms with E-state index < -0.39 is 0 Å². The number of amides is 1. The van der Waals surface area contributed by atoms with Gasteiger partial charge in [-0.05, 0) is 42.8 Å². The van der Waals surface area contributed by atoms with Gasteiger partial charge in [0.2, 0.25) is 5.91 Å². The Bertz CT molecular complexity index is 660. The first-order valence-corrected chi connectivity index (χ1v) is 7.72. The summed E-state index contributed by atoms with van der Waals surface area (Å²) in [6.45, 7) is 3.54. The number of benzene rings is 2. The van der Waals surface area contributed by atoms with Gasteiger partial charge in [-0.15, -0.1) is 0 Å². The molecular weight excluding hydrogens is 352 g/mol. The third kappa shape index (κ3) is 4.48. The van der Waals surface area contributed by atoms with E-state index in [1.54, 1.807) is 12.1 Å². The van der Waals surface area contributed by atoms with Gasteiger partial charge >= 0.3 is 0 Å². The predicted octanol–water partition coefficient (Wildman–Crippen LogP) is 5.23. The van der Waals surface area contributed by atoms with Crippen LogP contribution in [0, 0.1) is 0 Å². The molecule has 21 heavy (non-hydrogen) atoms. The Labute approximate surface area is 137 Å². The van der Waals surface area contributed by atoms with E-state index in [4.69, 9.17) is 11.6 Å². The van der Waals surface area contributed by atoms with Crippen molar-refractivity contribution in [2.45, 2.75) is 19.9 Å². The monoisotopic (exact) mass is 366 g/mol. The lowest BCUT2D eigenvalue weighted by Gasteiger charge is -2.17. The molecule has 0 aliphatic heterocycles. The molecule has 0 fully saturated rings. The first kappa shape index (κ1) is 15.9. The predicted molar refractivity (Wildman–Crippen MR) is 91.9 cm³/mol. The molecule has 3 nitrogen and oxygen atoms in total. The quantitative estimate of drug-likeness (QED) is 0.776. The maximum atomic E-state index is 11.1. The Morgan fingerprint density at radius 1 is 1.24 bits per heavy atom. The molecule has 2 rings (SSSR count). The number of hydrogen-bond acceptors (Lipinski definition) is 2. The van der Waals surface area contributed by atoms with E-state index in [2.05, 4.69) is 45.6 Å². The first-order chi connectivity index (χ1) is 9.95. The fourth-order valence-corrected chi connectivity index (χ4v) is 2.65. The smallest absolute Gasteiger partial charge is 0.221 e. The van der Waals surface area contributed by atoms with Crippen molar-refractivity contribution in [1.29, 1.82) is 0 Å². The van der Waals surface area contributed by atoms with Crippen LogP contribution in [0.4, 0.5) is 11.4 Å². The summed E-state index contributed by atoms with van der Waals surface area (Å²) in [6, 6.07) is 13.8. The van der Waals surface area contributed by atoms with E-state index in [9.17, 15) is 4.79 Å². The Hall–Kier alpha value is -1.52. The van der Waals surface area contributed by atoms with Crippen LogP contribution in [0.3, 0.4) is 0 Å². The molecule has 0 aromatic heterocycles. The highest BCUT2D eigenvalue weighted by atomic mass is 79.9. The highest BCUT2D eigenvalue weighted by Crippen LogP contribution is 2.28. The molecule has 0 saturated heterocycles. The number of anilines is 2. The normalized spacial score (nSPS) is 11.8. The van der Waals surface area contributed by atoms with Crippen molar-refractivity contribution in [2.24, 2.45) is 0 Å². The highest BCUT2D eigenvalue weighted by molar-refractivity contribution is 9.10. The number of halogens is 2. The van der Waals surface area contributed by atoms with E-state index in [1.807, 2.05) is 18.2 Å². The van der Waals surface area contributed by atoms with Crippen LogP contribution in [0.1, 0.15) is 25.5 Å². The Balaban J connectivity index is 2.12. The number of nitrogens with one attached hydrogen (secondary N) is 2. The second-order valence-electron chi connectivity index (χ2n) is 4.80. The molecule has 1 amide bonds. The second kappa shape index (κ2) is 6.96. The molecule has 0 aliphatic carbocycles. The van der Waals surface area contributed by atoms with Gasteiger partial charge in [0.25, 0.3) is 0 Å². The van der Waals surface area contributed by atoms with Crippen molar-refractivity contribution < 1.29 is 4.79 Å². The summed E-state index contributed by atoms with van der Waals surface area (Å²) >= 11 is 9.64. The minimum absolute atomic E-state index is 0.139. The van der Waals surface area contributed by atoms with Gasteiger partial charge in [-0.2, -0.15) is 0 Å². The molecule has 1 atom stereocenters. The Morgan fingerprint density at radius 2 is 2.00 bits per heavy atom. The first-order valence-electron chi connectivity index (χ1n) is 6.55. The average Bonchev–Trinajstić information content (AvgIpc) is 2.41. The summed E-state index contributed by atoms with van der Waals surface area (Å²) in [5.74, 6) is -0.139. The molecule has 1 unspecified atom stereocenters. The summed E-state index contributed by atoms with van der Waals surface area (Å²) in [5.41, 5.74) is 2.69. The lowest BCUT2D eigenvalue weighted by atomic mass is 10.1. The summed E-state index contributed by atoms with van der Waals surface area (Å²) in [5, 5.41) is 6.59. The van der Waals surface area contributed by atoms with Gasteiger partial charge in [-0.3, -0.25) is 4.79 Å². The molecule has 0 heterocycles. The number of hydrogen-bond donors (Lipinski definition) is 2. The van der Waals surface area contributed by atoms with Crippen LogP contribution < -0.4 is 10.6 Å². The van der Waals surface area contributed by atoms with Gasteiger partial charge < -0.3 is 10.6 Å². The zero-order valence-electron chi connectivity index (χ0n) is 11.8. The van der Waals surface area contributed by atoms with Crippen molar-refractivity contribution in [3.05, 3.63) is 57.5 Å². The molecule has 110 valence electrons.